The van der Waals surface area contributed by atoms with E-state index in [0.29, 0.717) is 12.0 Å². The normalized spacial score (nSPS) is 30.6. The summed E-state index contributed by atoms with van der Waals surface area (Å²) < 4.78 is 5.58. The minimum Gasteiger partial charge on any atom is -0.375 e. The molecule has 3 atom stereocenters. The fourth-order valence-corrected chi connectivity index (χ4v) is 3.57. The van der Waals surface area contributed by atoms with Gasteiger partial charge in [-0.25, -0.2) is 9.97 Å². The zero-order valence-corrected chi connectivity index (χ0v) is 12.8. The molecule has 1 aromatic heterocycles. The van der Waals surface area contributed by atoms with Crippen LogP contribution in [0.15, 0.2) is 6.33 Å². The van der Waals surface area contributed by atoms with Crippen LogP contribution in [0.1, 0.15) is 43.5 Å². The van der Waals surface area contributed by atoms with Crippen LogP contribution in [-0.4, -0.2) is 55.5 Å². The van der Waals surface area contributed by atoms with Gasteiger partial charge in [0.05, 0.1) is 5.69 Å². The van der Waals surface area contributed by atoms with Crippen LogP contribution in [-0.2, 0) is 4.74 Å². The third-order valence-electron chi connectivity index (χ3n) is 4.65. The molecule has 5 nitrogen and oxygen atoms in total. The molecule has 1 fully saturated rings. The number of hydrogen-bond donors (Lipinski definition) is 0. The maximum absolute atomic E-state index is 5.58. The third kappa shape index (κ3) is 2.21. The Morgan fingerprint density at radius 3 is 2.80 bits per heavy atom. The SMILES string of the molecule is BN1CCN(c2ncnc3c2[C@H](C)C[C@H]3OC)[C@@H](C)C1. The molecule has 2 aliphatic rings. The van der Waals surface area contributed by atoms with Crippen LogP contribution < -0.4 is 4.90 Å². The molecule has 20 heavy (non-hydrogen) atoms. The van der Waals surface area contributed by atoms with Crippen molar-refractivity contribution in [2.45, 2.75) is 38.3 Å². The highest BCUT2D eigenvalue weighted by Gasteiger charge is 2.35. The van der Waals surface area contributed by atoms with Gasteiger partial charge < -0.3 is 14.4 Å². The first kappa shape index (κ1) is 13.8. The van der Waals surface area contributed by atoms with Gasteiger partial charge in [-0.1, -0.05) is 6.92 Å². The van der Waals surface area contributed by atoms with E-state index >= 15 is 0 Å². The highest BCUT2D eigenvalue weighted by molar-refractivity contribution is 6.04. The fourth-order valence-electron chi connectivity index (χ4n) is 3.57. The molecule has 108 valence electrons. The summed E-state index contributed by atoms with van der Waals surface area (Å²) in [7, 11) is 3.95. The monoisotopic (exact) mass is 274 g/mol. The molecule has 0 bridgehead atoms. The van der Waals surface area contributed by atoms with Crippen LogP contribution in [0.4, 0.5) is 5.82 Å². The lowest BCUT2D eigenvalue weighted by Gasteiger charge is -2.40. The molecule has 1 aliphatic heterocycles. The lowest BCUT2D eigenvalue weighted by molar-refractivity contribution is 0.0982. The van der Waals surface area contributed by atoms with E-state index in [4.69, 9.17) is 4.74 Å². The van der Waals surface area contributed by atoms with Gasteiger partial charge in [0.15, 0.2) is 7.98 Å². The lowest BCUT2D eigenvalue weighted by Crippen LogP contribution is -2.51. The second-order valence-corrected chi connectivity index (χ2v) is 6.16. The van der Waals surface area contributed by atoms with Gasteiger partial charge in [0, 0.05) is 38.3 Å². The average Bonchev–Trinajstić information content (AvgIpc) is 2.76. The zero-order chi connectivity index (χ0) is 14.3. The van der Waals surface area contributed by atoms with Gasteiger partial charge in [0.1, 0.15) is 18.2 Å². The van der Waals surface area contributed by atoms with Gasteiger partial charge in [-0.15, -0.1) is 0 Å². The van der Waals surface area contributed by atoms with Gasteiger partial charge in [0.2, 0.25) is 0 Å². The van der Waals surface area contributed by atoms with Crippen molar-refractivity contribution >= 4 is 13.8 Å². The number of ether oxygens (including phenoxy) is 1. The first-order valence-electron chi connectivity index (χ1n) is 7.44. The molecule has 0 unspecified atom stereocenters. The minimum absolute atomic E-state index is 0.129. The number of hydrogen-bond acceptors (Lipinski definition) is 5. The lowest BCUT2D eigenvalue weighted by atomic mass is 10.0. The van der Waals surface area contributed by atoms with Crippen LogP contribution in [0.2, 0.25) is 0 Å². The van der Waals surface area contributed by atoms with Gasteiger partial charge in [-0.2, -0.15) is 0 Å². The quantitative estimate of drug-likeness (QED) is 0.744. The summed E-state index contributed by atoms with van der Waals surface area (Å²) in [5.41, 5.74) is 2.40. The Bertz CT molecular complexity index is 498. The first-order chi connectivity index (χ1) is 9.61. The van der Waals surface area contributed by atoms with E-state index in [9.17, 15) is 0 Å². The van der Waals surface area contributed by atoms with Crippen LogP contribution in [0.3, 0.4) is 0 Å². The van der Waals surface area contributed by atoms with Crippen LogP contribution in [0, 0.1) is 0 Å². The molecule has 1 aliphatic carbocycles. The molecule has 0 spiro atoms. The first-order valence-corrected chi connectivity index (χ1v) is 7.44. The maximum Gasteiger partial charge on any atom is 0.185 e. The predicted molar refractivity (Wildman–Crippen MR) is 81.7 cm³/mol. The van der Waals surface area contributed by atoms with E-state index in [0.717, 1.165) is 37.6 Å². The number of methoxy groups -OCH3 is 1. The fraction of sp³-hybridized carbons (Fsp3) is 0.714. The smallest absolute Gasteiger partial charge is 0.185 e. The van der Waals surface area contributed by atoms with E-state index in [1.54, 1.807) is 13.4 Å². The van der Waals surface area contributed by atoms with Gasteiger partial charge in [0.25, 0.3) is 0 Å². The Kier molecular flexibility index (Phi) is 3.69. The standard InChI is InChI=1S/C14H23BN4O/c1-9-6-11(20-3)13-12(9)14(17-8-16-13)19-5-4-18(15)7-10(19)2/h8-11H,4-7,15H2,1-3H3/t9-,10+,11-/m1/s1. The number of piperazine rings is 1. The van der Waals surface area contributed by atoms with E-state index < -0.39 is 0 Å². The zero-order valence-electron chi connectivity index (χ0n) is 12.8. The van der Waals surface area contributed by atoms with E-state index in [1.165, 1.54) is 5.56 Å². The van der Waals surface area contributed by atoms with Gasteiger partial charge in [-0.3, -0.25) is 0 Å². The molecule has 3 rings (SSSR count). The maximum atomic E-state index is 5.58. The number of nitrogens with zero attached hydrogens (tertiary/aromatic N) is 4. The van der Waals surface area contributed by atoms with Crippen molar-refractivity contribution in [3.8, 4) is 0 Å². The second-order valence-electron chi connectivity index (χ2n) is 6.16. The predicted octanol–water partition coefficient (Wildman–Crippen LogP) is 0.730. The molecule has 0 amide bonds. The summed E-state index contributed by atoms with van der Waals surface area (Å²) >= 11 is 0. The highest BCUT2D eigenvalue weighted by atomic mass is 16.5. The van der Waals surface area contributed by atoms with Crippen LogP contribution >= 0.6 is 0 Å². The van der Waals surface area contributed by atoms with Gasteiger partial charge >= 0.3 is 0 Å². The summed E-state index contributed by atoms with van der Waals surface area (Å²) in [5, 5.41) is 0. The summed E-state index contributed by atoms with van der Waals surface area (Å²) in [6.45, 7) is 7.74. The number of aromatic nitrogens is 2. The Morgan fingerprint density at radius 1 is 1.30 bits per heavy atom. The molecular formula is C14H23BN4O. The second kappa shape index (κ2) is 5.33. The Hall–Kier alpha value is -1.14. The molecular weight excluding hydrogens is 251 g/mol. The third-order valence-corrected chi connectivity index (χ3v) is 4.65. The van der Waals surface area contributed by atoms with Gasteiger partial charge in [-0.05, 0) is 19.3 Å². The van der Waals surface area contributed by atoms with E-state index in [1.807, 2.05) is 0 Å². The number of anilines is 1. The van der Waals surface area contributed by atoms with Crippen molar-refractivity contribution in [2.24, 2.45) is 0 Å². The molecule has 2 heterocycles. The largest absolute Gasteiger partial charge is 0.375 e. The van der Waals surface area contributed by atoms with Crippen LogP contribution in [0.5, 0.6) is 0 Å². The van der Waals surface area contributed by atoms with Crippen molar-refractivity contribution in [1.82, 2.24) is 14.8 Å². The average molecular weight is 274 g/mol. The van der Waals surface area contributed by atoms with E-state index in [-0.39, 0.29) is 6.10 Å². The van der Waals surface area contributed by atoms with Crippen molar-refractivity contribution in [2.75, 3.05) is 31.6 Å². The molecule has 0 radical (unpaired) electrons. The molecule has 6 heteroatoms. The van der Waals surface area contributed by atoms with Crippen molar-refractivity contribution in [3.63, 3.8) is 0 Å². The summed E-state index contributed by atoms with van der Waals surface area (Å²) in [6.07, 6.45) is 2.84. The summed E-state index contributed by atoms with van der Waals surface area (Å²) in [4.78, 5) is 13.9. The number of fused-ring (bicyclic) bond motifs is 1. The Labute approximate surface area is 121 Å². The Balaban J connectivity index is 1.97. The molecule has 1 saturated heterocycles. The topological polar surface area (TPSA) is 41.5 Å². The summed E-state index contributed by atoms with van der Waals surface area (Å²) in [6, 6.07) is 0.488. The van der Waals surface area contributed by atoms with Crippen molar-refractivity contribution in [1.29, 1.82) is 0 Å². The molecule has 1 aromatic rings. The molecule has 0 aromatic carbocycles. The van der Waals surface area contributed by atoms with Crippen molar-refractivity contribution < 1.29 is 4.74 Å². The number of rotatable bonds is 2. The molecule has 0 saturated carbocycles. The highest BCUT2D eigenvalue weighted by Crippen LogP contribution is 2.44. The van der Waals surface area contributed by atoms with Crippen LogP contribution in [0.25, 0.3) is 0 Å². The summed E-state index contributed by atoms with van der Waals surface area (Å²) in [5.74, 6) is 1.60. The Morgan fingerprint density at radius 2 is 2.10 bits per heavy atom. The van der Waals surface area contributed by atoms with E-state index in [2.05, 4.69) is 41.5 Å². The minimum atomic E-state index is 0.129. The van der Waals surface area contributed by atoms with Crippen molar-refractivity contribution in [3.05, 3.63) is 17.6 Å². The molecule has 0 N–H and O–H groups in total.